The highest BCUT2D eigenvalue weighted by Gasteiger charge is 2.41. The van der Waals surface area contributed by atoms with Gasteiger partial charge in [-0.15, -0.1) is 0 Å². The van der Waals surface area contributed by atoms with Gasteiger partial charge in [-0.25, -0.2) is 13.6 Å². The van der Waals surface area contributed by atoms with Crippen molar-refractivity contribution in [2.45, 2.75) is 31.1 Å². The number of benzene rings is 1. The Morgan fingerprint density at radius 2 is 2.08 bits per heavy atom. The number of hydrogen-bond acceptors (Lipinski definition) is 3. The summed E-state index contributed by atoms with van der Waals surface area (Å²) in [4.78, 5) is 24.6. The summed E-state index contributed by atoms with van der Waals surface area (Å²) in [6.07, 6.45) is -2.45. The van der Waals surface area contributed by atoms with E-state index in [2.05, 4.69) is 4.74 Å². The molecular weight excluding hydrogens is 358 g/mol. The van der Waals surface area contributed by atoms with Gasteiger partial charge in [0.1, 0.15) is 13.2 Å². The molecule has 0 spiro atoms. The normalized spacial score (nSPS) is 18.2. The predicted octanol–water partition coefficient (Wildman–Crippen LogP) is 3.01. The zero-order valence-electron chi connectivity index (χ0n) is 13.8. The maximum Gasteiger partial charge on any atom is 0.335 e. The van der Waals surface area contributed by atoms with Crippen molar-refractivity contribution >= 4 is 11.9 Å². The number of carboxylic acid groups (broad SMARTS) is 1. The first kappa shape index (κ1) is 20.2. The number of rotatable bonds is 7. The van der Waals surface area contributed by atoms with Crippen LogP contribution in [-0.2, 0) is 9.53 Å². The molecule has 5 nitrogen and oxygen atoms in total. The second kappa shape index (κ2) is 8.48. The largest absolute Gasteiger partial charge is 0.478 e. The van der Waals surface area contributed by atoms with Gasteiger partial charge in [-0.2, -0.15) is 8.78 Å². The standard InChI is InChI=1S/C17H19F4NO4/c18-16(19)17(20,21)10-26-9-14(23)22-6-2-5-13(8-22)11-3-1-4-12(7-11)15(24)25/h1,3-4,7,13,16H,2,5-6,8-10H2,(H,24,25)/t13-/m0/s1. The summed E-state index contributed by atoms with van der Waals surface area (Å²) in [6, 6.07) is 6.40. The summed E-state index contributed by atoms with van der Waals surface area (Å²) in [7, 11) is 0. The Labute approximate surface area is 147 Å². The molecule has 0 radical (unpaired) electrons. The lowest BCUT2D eigenvalue weighted by Gasteiger charge is -2.33. The second-order valence-corrected chi connectivity index (χ2v) is 6.16. The molecule has 2 rings (SSSR count). The van der Waals surface area contributed by atoms with Crippen LogP contribution in [-0.4, -0.2) is 60.5 Å². The van der Waals surface area contributed by atoms with E-state index in [1.165, 1.54) is 11.0 Å². The molecule has 1 fully saturated rings. The maximum absolute atomic E-state index is 12.8. The summed E-state index contributed by atoms with van der Waals surface area (Å²) >= 11 is 0. The van der Waals surface area contributed by atoms with Crippen molar-refractivity contribution < 1.29 is 37.0 Å². The van der Waals surface area contributed by atoms with Gasteiger partial charge in [0.05, 0.1) is 5.56 Å². The Kier molecular flexibility index (Phi) is 6.57. The van der Waals surface area contributed by atoms with Crippen LogP contribution in [0.1, 0.15) is 34.7 Å². The molecule has 1 N–H and O–H groups in total. The molecule has 0 bridgehead atoms. The Balaban J connectivity index is 1.92. The van der Waals surface area contributed by atoms with E-state index in [1.54, 1.807) is 18.2 Å². The molecule has 0 aliphatic carbocycles. The third-order valence-corrected chi connectivity index (χ3v) is 4.22. The minimum Gasteiger partial charge on any atom is -0.478 e. The van der Waals surface area contributed by atoms with Crippen molar-refractivity contribution in [3.8, 4) is 0 Å². The van der Waals surface area contributed by atoms with Crippen LogP contribution in [0.5, 0.6) is 0 Å². The smallest absolute Gasteiger partial charge is 0.335 e. The lowest BCUT2D eigenvalue weighted by Crippen LogP contribution is -2.42. The fourth-order valence-electron chi connectivity index (χ4n) is 2.83. The Morgan fingerprint density at radius 1 is 1.35 bits per heavy atom. The van der Waals surface area contributed by atoms with Crippen molar-refractivity contribution in [1.29, 1.82) is 0 Å². The topological polar surface area (TPSA) is 66.8 Å². The number of piperidine rings is 1. The molecule has 1 amide bonds. The first-order valence-corrected chi connectivity index (χ1v) is 8.05. The van der Waals surface area contributed by atoms with Crippen LogP contribution in [0.25, 0.3) is 0 Å². The lowest BCUT2D eigenvalue weighted by molar-refractivity contribution is -0.171. The Hall–Kier alpha value is -2.16. The van der Waals surface area contributed by atoms with Gasteiger partial charge in [0.2, 0.25) is 5.91 Å². The summed E-state index contributed by atoms with van der Waals surface area (Å²) in [5.74, 6) is -5.99. The lowest BCUT2D eigenvalue weighted by atomic mass is 9.89. The molecule has 1 saturated heterocycles. The number of carboxylic acids is 1. The van der Waals surface area contributed by atoms with Crippen LogP contribution >= 0.6 is 0 Å². The number of amides is 1. The van der Waals surface area contributed by atoms with Gasteiger partial charge in [0, 0.05) is 19.0 Å². The summed E-state index contributed by atoms with van der Waals surface area (Å²) in [5.41, 5.74) is 0.913. The van der Waals surface area contributed by atoms with E-state index in [0.29, 0.717) is 13.0 Å². The van der Waals surface area contributed by atoms with E-state index >= 15 is 0 Å². The van der Waals surface area contributed by atoms with Gasteiger partial charge in [0.15, 0.2) is 0 Å². The van der Waals surface area contributed by atoms with Crippen LogP contribution in [0.2, 0.25) is 0 Å². The minimum absolute atomic E-state index is 0.0884. The van der Waals surface area contributed by atoms with Crippen molar-refractivity contribution in [2.24, 2.45) is 0 Å². The van der Waals surface area contributed by atoms with Crippen LogP contribution in [0, 0.1) is 0 Å². The van der Waals surface area contributed by atoms with Crippen molar-refractivity contribution in [3.05, 3.63) is 35.4 Å². The first-order valence-electron chi connectivity index (χ1n) is 8.05. The molecule has 1 aromatic rings. The fourth-order valence-corrected chi connectivity index (χ4v) is 2.83. The molecule has 1 atom stereocenters. The van der Waals surface area contributed by atoms with Crippen molar-refractivity contribution in [1.82, 2.24) is 4.90 Å². The Morgan fingerprint density at radius 3 is 2.73 bits per heavy atom. The number of carbonyl (C=O) groups excluding carboxylic acids is 1. The van der Waals surface area contributed by atoms with E-state index < -0.39 is 37.4 Å². The first-order chi connectivity index (χ1) is 12.2. The highest BCUT2D eigenvalue weighted by Crippen LogP contribution is 2.28. The molecule has 1 aliphatic rings. The van der Waals surface area contributed by atoms with Gasteiger partial charge < -0.3 is 14.7 Å². The average molecular weight is 377 g/mol. The number of carbonyl (C=O) groups is 2. The van der Waals surface area contributed by atoms with E-state index in [9.17, 15) is 27.2 Å². The van der Waals surface area contributed by atoms with Crippen LogP contribution in [0.3, 0.4) is 0 Å². The number of nitrogens with zero attached hydrogens (tertiary/aromatic N) is 1. The second-order valence-electron chi connectivity index (χ2n) is 6.16. The molecule has 0 saturated carbocycles. The third kappa shape index (κ3) is 5.17. The zero-order valence-corrected chi connectivity index (χ0v) is 13.8. The highest BCUT2D eigenvalue weighted by atomic mass is 19.3. The van der Waals surface area contributed by atoms with Gasteiger partial charge in [-0.1, -0.05) is 12.1 Å². The van der Waals surface area contributed by atoms with E-state index in [-0.39, 0.29) is 18.0 Å². The number of halogens is 4. The average Bonchev–Trinajstić information content (AvgIpc) is 2.61. The third-order valence-electron chi connectivity index (χ3n) is 4.22. The van der Waals surface area contributed by atoms with E-state index in [0.717, 1.165) is 12.0 Å². The molecule has 1 aromatic carbocycles. The number of likely N-dealkylation sites (tertiary alicyclic amines) is 1. The zero-order chi connectivity index (χ0) is 19.3. The molecule has 26 heavy (non-hydrogen) atoms. The van der Waals surface area contributed by atoms with E-state index in [4.69, 9.17) is 5.11 Å². The number of ether oxygens (including phenoxy) is 1. The molecule has 0 aromatic heterocycles. The monoisotopic (exact) mass is 377 g/mol. The van der Waals surface area contributed by atoms with Crippen LogP contribution in [0.4, 0.5) is 17.6 Å². The molecule has 1 heterocycles. The SMILES string of the molecule is O=C(O)c1cccc([C@H]2CCCN(C(=O)COCC(F)(F)C(F)F)C2)c1. The quantitative estimate of drug-likeness (QED) is 0.742. The summed E-state index contributed by atoms with van der Waals surface area (Å²) in [5, 5.41) is 9.05. The number of hydrogen-bond donors (Lipinski definition) is 1. The minimum atomic E-state index is -4.29. The maximum atomic E-state index is 12.8. The number of aromatic carboxylic acids is 1. The molecule has 0 unspecified atom stereocenters. The van der Waals surface area contributed by atoms with Crippen molar-refractivity contribution in [3.63, 3.8) is 0 Å². The van der Waals surface area contributed by atoms with Crippen LogP contribution < -0.4 is 0 Å². The fraction of sp³-hybridized carbons (Fsp3) is 0.529. The molecular formula is C17H19F4NO4. The molecule has 144 valence electrons. The predicted molar refractivity (Wildman–Crippen MR) is 83.7 cm³/mol. The highest BCUT2D eigenvalue weighted by molar-refractivity contribution is 5.87. The van der Waals surface area contributed by atoms with Crippen molar-refractivity contribution in [2.75, 3.05) is 26.3 Å². The van der Waals surface area contributed by atoms with E-state index in [1.807, 2.05) is 0 Å². The Bertz CT molecular complexity index is 653. The van der Waals surface area contributed by atoms with Gasteiger partial charge >= 0.3 is 18.3 Å². The van der Waals surface area contributed by atoms with Crippen LogP contribution in [0.15, 0.2) is 24.3 Å². The van der Waals surface area contributed by atoms with Gasteiger partial charge in [0.25, 0.3) is 0 Å². The van der Waals surface area contributed by atoms with Gasteiger partial charge in [-0.05, 0) is 30.5 Å². The number of alkyl halides is 4. The van der Waals surface area contributed by atoms with Gasteiger partial charge in [-0.3, -0.25) is 4.79 Å². The summed E-state index contributed by atoms with van der Waals surface area (Å²) in [6.45, 7) is -1.53. The summed E-state index contributed by atoms with van der Waals surface area (Å²) < 4.78 is 54.1. The molecule has 9 heteroatoms. The molecule has 1 aliphatic heterocycles.